The lowest BCUT2D eigenvalue weighted by atomic mass is 9.78. The molecule has 1 aliphatic carbocycles. The van der Waals surface area contributed by atoms with E-state index in [0.29, 0.717) is 18.5 Å². The van der Waals surface area contributed by atoms with Crippen molar-refractivity contribution in [1.82, 2.24) is 0 Å². The number of phenols is 1. The van der Waals surface area contributed by atoms with Crippen molar-refractivity contribution in [2.45, 2.75) is 32.6 Å². The van der Waals surface area contributed by atoms with Crippen molar-refractivity contribution in [3.63, 3.8) is 0 Å². The second kappa shape index (κ2) is 5.94. The molecule has 0 spiro atoms. The van der Waals surface area contributed by atoms with E-state index in [0.717, 1.165) is 18.4 Å². The van der Waals surface area contributed by atoms with Gasteiger partial charge < -0.3 is 15.5 Å². The number of anilines is 1. The summed E-state index contributed by atoms with van der Waals surface area (Å²) in [5.74, 6) is -2.07. The second-order valence-electron chi connectivity index (χ2n) is 5.32. The number of nitrogens with one attached hydrogen (secondary N) is 1. The summed E-state index contributed by atoms with van der Waals surface area (Å²) in [6.07, 6.45) is 2.91. The predicted molar refractivity (Wildman–Crippen MR) is 74.6 cm³/mol. The van der Waals surface area contributed by atoms with Crippen molar-refractivity contribution in [2.75, 3.05) is 5.32 Å². The Morgan fingerprint density at radius 2 is 1.85 bits per heavy atom. The molecule has 0 heterocycles. The molecule has 0 aliphatic heterocycles. The van der Waals surface area contributed by atoms with Crippen LogP contribution in [0, 0.1) is 18.8 Å². The number of carbonyl (C=O) groups is 2. The number of benzene rings is 1. The predicted octanol–water partition coefficient (Wildman–Crippen LogP) is 2.53. The Bertz CT molecular complexity index is 527. The fourth-order valence-electron chi connectivity index (χ4n) is 2.75. The number of amides is 1. The molecule has 3 N–H and O–H groups in total. The molecule has 20 heavy (non-hydrogen) atoms. The lowest BCUT2D eigenvalue weighted by molar-refractivity contribution is -0.147. The molecule has 2 atom stereocenters. The Morgan fingerprint density at radius 3 is 2.45 bits per heavy atom. The third-order valence-electron chi connectivity index (χ3n) is 3.89. The summed E-state index contributed by atoms with van der Waals surface area (Å²) in [6, 6.07) is 4.69. The lowest BCUT2D eigenvalue weighted by Gasteiger charge is -2.27. The fourth-order valence-corrected chi connectivity index (χ4v) is 2.75. The van der Waals surface area contributed by atoms with Crippen LogP contribution in [-0.2, 0) is 9.59 Å². The van der Waals surface area contributed by atoms with Gasteiger partial charge in [-0.05, 0) is 43.5 Å². The molecule has 1 aromatic carbocycles. The highest BCUT2D eigenvalue weighted by Gasteiger charge is 2.35. The number of hydrogen-bond donors (Lipinski definition) is 3. The van der Waals surface area contributed by atoms with E-state index in [9.17, 15) is 19.8 Å². The van der Waals surface area contributed by atoms with Gasteiger partial charge in [-0.25, -0.2) is 0 Å². The minimum Gasteiger partial charge on any atom is -0.508 e. The van der Waals surface area contributed by atoms with E-state index < -0.39 is 17.8 Å². The number of hydrogen-bond acceptors (Lipinski definition) is 3. The van der Waals surface area contributed by atoms with Crippen molar-refractivity contribution in [3.05, 3.63) is 23.8 Å². The third-order valence-corrected chi connectivity index (χ3v) is 3.89. The van der Waals surface area contributed by atoms with E-state index in [1.807, 2.05) is 0 Å². The summed E-state index contributed by atoms with van der Waals surface area (Å²) in [4.78, 5) is 23.5. The van der Waals surface area contributed by atoms with Gasteiger partial charge in [0, 0.05) is 5.69 Å². The monoisotopic (exact) mass is 277 g/mol. The Hall–Kier alpha value is -2.04. The van der Waals surface area contributed by atoms with E-state index in [4.69, 9.17) is 0 Å². The van der Waals surface area contributed by atoms with Crippen molar-refractivity contribution >= 4 is 17.6 Å². The van der Waals surface area contributed by atoms with Crippen LogP contribution in [0.25, 0.3) is 0 Å². The highest BCUT2D eigenvalue weighted by atomic mass is 16.4. The van der Waals surface area contributed by atoms with Crippen LogP contribution in [0.3, 0.4) is 0 Å². The molecule has 0 radical (unpaired) electrons. The van der Waals surface area contributed by atoms with Gasteiger partial charge in [-0.3, -0.25) is 9.59 Å². The first-order chi connectivity index (χ1) is 9.49. The Labute approximate surface area is 117 Å². The van der Waals surface area contributed by atoms with Crippen LogP contribution in [-0.4, -0.2) is 22.1 Å². The minimum atomic E-state index is -0.896. The number of carbonyl (C=O) groups excluding carboxylic acids is 1. The average Bonchev–Trinajstić information content (AvgIpc) is 2.41. The molecule has 2 rings (SSSR count). The summed E-state index contributed by atoms with van der Waals surface area (Å²) in [5.41, 5.74) is 1.36. The zero-order valence-electron chi connectivity index (χ0n) is 11.4. The first kappa shape index (κ1) is 14.4. The maximum atomic E-state index is 12.3. The first-order valence-electron chi connectivity index (χ1n) is 6.82. The SMILES string of the molecule is Cc1cc(O)ccc1NC(=O)[C@H]1CCCC[C@@H]1C(=O)O. The molecule has 5 heteroatoms. The Balaban J connectivity index is 2.12. The molecule has 0 saturated heterocycles. The molecule has 1 aromatic rings. The van der Waals surface area contributed by atoms with Crippen LogP contribution in [0.2, 0.25) is 0 Å². The molecule has 5 nitrogen and oxygen atoms in total. The van der Waals surface area contributed by atoms with Crippen LogP contribution in [0.15, 0.2) is 18.2 Å². The van der Waals surface area contributed by atoms with E-state index in [1.165, 1.54) is 6.07 Å². The number of rotatable bonds is 3. The van der Waals surface area contributed by atoms with Crippen LogP contribution >= 0.6 is 0 Å². The number of phenolic OH excluding ortho intramolecular Hbond substituents is 1. The van der Waals surface area contributed by atoms with E-state index in [1.54, 1.807) is 19.1 Å². The van der Waals surface area contributed by atoms with Crippen molar-refractivity contribution < 1.29 is 19.8 Å². The zero-order valence-corrected chi connectivity index (χ0v) is 11.4. The number of carboxylic acid groups (broad SMARTS) is 1. The molecule has 0 unspecified atom stereocenters. The van der Waals surface area contributed by atoms with Gasteiger partial charge in [-0.1, -0.05) is 12.8 Å². The molecule has 1 saturated carbocycles. The second-order valence-corrected chi connectivity index (χ2v) is 5.32. The summed E-state index contributed by atoms with van der Waals surface area (Å²) >= 11 is 0. The van der Waals surface area contributed by atoms with Gasteiger partial charge in [0.1, 0.15) is 5.75 Å². The fraction of sp³-hybridized carbons (Fsp3) is 0.467. The standard InChI is InChI=1S/C15H19NO4/c1-9-8-10(17)6-7-13(9)16-14(18)11-4-2-3-5-12(11)15(19)20/h6-8,11-12,17H,2-5H2,1H3,(H,16,18)(H,19,20)/t11-,12-/m0/s1. The van der Waals surface area contributed by atoms with Crippen molar-refractivity contribution in [1.29, 1.82) is 0 Å². The molecule has 0 aromatic heterocycles. The molecule has 1 aliphatic rings. The molecule has 108 valence electrons. The molecule has 1 amide bonds. The van der Waals surface area contributed by atoms with E-state index in [2.05, 4.69) is 5.32 Å². The largest absolute Gasteiger partial charge is 0.508 e. The van der Waals surface area contributed by atoms with Gasteiger partial charge >= 0.3 is 5.97 Å². The van der Waals surface area contributed by atoms with Crippen LogP contribution in [0.5, 0.6) is 5.75 Å². The number of carboxylic acids is 1. The van der Waals surface area contributed by atoms with Gasteiger partial charge in [0.2, 0.25) is 5.91 Å². The molecular weight excluding hydrogens is 258 g/mol. The molecular formula is C15H19NO4. The van der Waals surface area contributed by atoms with Crippen LogP contribution < -0.4 is 5.32 Å². The molecule has 0 bridgehead atoms. The number of aliphatic carboxylic acids is 1. The van der Waals surface area contributed by atoms with Gasteiger partial charge in [-0.2, -0.15) is 0 Å². The summed E-state index contributed by atoms with van der Waals surface area (Å²) in [7, 11) is 0. The summed E-state index contributed by atoms with van der Waals surface area (Å²) in [6.45, 7) is 1.78. The van der Waals surface area contributed by atoms with E-state index in [-0.39, 0.29) is 11.7 Å². The molecule has 1 fully saturated rings. The van der Waals surface area contributed by atoms with Gasteiger partial charge in [-0.15, -0.1) is 0 Å². The maximum Gasteiger partial charge on any atom is 0.307 e. The zero-order chi connectivity index (χ0) is 14.7. The van der Waals surface area contributed by atoms with Gasteiger partial charge in [0.25, 0.3) is 0 Å². The third kappa shape index (κ3) is 3.10. The van der Waals surface area contributed by atoms with E-state index >= 15 is 0 Å². The Kier molecular flexibility index (Phi) is 4.27. The van der Waals surface area contributed by atoms with Crippen molar-refractivity contribution in [2.24, 2.45) is 11.8 Å². The number of aromatic hydroxyl groups is 1. The quantitative estimate of drug-likeness (QED) is 0.741. The number of aryl methyl sites for hydroxylation is 1. The highest BCUT2D eigenvalue weighted by molar-refractivity contribution is 5.95. The normalized spacial score (nSPS) is 22.2. The maximum absolute atomic E-state index is 12.3. The average molecular weight is 277 g/mol. The van der Waals surface area contributed by atoms with Gasteiger partial charge in [0.15, 0.2) is 0 Å². The van der Waals surface area contributed by atoms with Gasteiger partial charge in [0.05, 0.1) is 11.8 Å². The van der Waals surface area contributed by atoms with Crippen LogP contribution in [0.1, 0.15) is 31.2 Å². The highest BCUT2D eigenvalue weighted by Crippen LogP contribution is 2.31. The Morgan fingerprint density at radius 1 is 1.20 bits per heavy atom. The smallest absolute Gasteiger partial charge is 0.307 e. The summed E-state index contributed by atoms with van der Waals surface area (Å²) in [5, 5.41) is 21.3. The summed E-state index contributed by atoms with van der Waals surface area (Å²) < 4.78 is 0. The minimum absolute atomic E-state index is 0.140. The topological polar surface area (TPSA) is 86.6 Å². The van der Waals surface area contributed by atoms with Crippen molar-refractivity contribution in [3.8, 4) is 5.75 Å². The van der Waals surface area contributed by atoms with Crippen LogP contribution in [0.4, 0.5) is 5.69 Å². The lowest BCUT2D eigenvalue weighted by Crippen LogP contribution is -2.36. The first-order valence-corrected chi connectivity index (χ1v) is 6.82.